The van der Waals surface area contributed by atoms with E-state index in [1.807, 2.05) is 0 Å². The summed E-state index contributed by atoms with van der Waals surface area (Å²) in [7, 11) is 0. The second-order valence-electron chi connectivity index (χ2n) is 4.21. The van der Waals surface area contributed by atoms with E-state index in [0.29, 0.717) is 16.1 Å². The van der Waals surface area contributed by atoms with Gasteiger partial charge >= 0.3 is 6.61 Å². The molecular weight excluding hydrogens is 305 g/mol. The van der Waals surface area contributed by atoms with E-state index in [2.05, 4.69) is 10.2 Å². The molecule has 1 unspecified atom stereocenters. The highest BCUT2D eigenvalue weighted by molar-refractivity contribution is 6.31. The Balaban J connectivity index is 2.31. The summed E-state index contributed by atoms with van der Waals surface area (Å²) in [6, 6.07) is 9.18. The van der Waals surface area contributed by atoms with E-state index in [9.17, 15) is 13.2 Å². The number of nitrogens with two attached hydrogens (primary N) is 1. The Morgan fingerprint density at radius 2 is 1.76 bits per heavy atom. The number of benzene rings is 2. The normalized spacial score (nSPS) is 12.5. The van der Waals surface area contributed by atoms with E-state index in [1.54, 1.807) is 12.1 Å². The van der Waals surface area contributed by atoms with E-state index < -0.39 is 18.5 Å². The Morgan fingerprint density at radius 3 is 2.33 bits per heavy atom. The highest BCUT2D eigenvalue weighted by Crippen LogP contribution is 2.29. The van der Waals surface area contributed by atoms with Gasteiger partial charge in [0.15, 0.2) is 0 Å². The second kappa shape index (κ2) is 6.80. The van der Waals surface area contributed by atoms with Crippen molar-refractivity contribution in [2.75, 3.05) is 0 Å². The summed E-state index contributed by atoms with van der Waals surface area (Å²) in [6.07, 6.45) is 0. The van der Waals surface area contributed by atoms with Crippen LogP contribution in [-0.4, -0.2) is 6.61 Å². The van der Waals surface area contributed by atoms with E-state index in [0.717, 1.165) is 0 Å². The molecule has 2 aromatic rings. The third kappa shape index (κ3) is 3.87. The topological polar surface area (TPSA) is 47.3 Å². The number of rotatable bonds is 5. The Hall–Kier alpha value is -1.76. The molecule has 2 aromatic carbocycles. The highest BCUT2D eigenvalue weighted by Gasteiger charge is 2.17. The summed E-state index contributed by atoms with van der Waals surface area (Å²) >= 11 is 6.03. The molecular formula is C14H12ClF3N2O. The van der Waals surface area contributed by atoms with Crippen molar-refractivity contribution in [3.05, 3.63) is 64.4 Å². The van der Waals surface area contributed by atoms with Gasteiger partial charge in [-0.2, -0.15) is 8.78 Å². The molecule has 0 fully saturated rings. The van der Waals surface area contributed by atoms with Crippen LogP contribution in [0.25, 0.3) is 0 Å². The number of hydrazine groups is 1. The number of alkyl halides is 2. The predicted octanol–water partition coefficient (Wildman–Crippen LogP) is 3.63. The van der Waals surface area contributed by atoms with E-state index in [-0.39, 0.29) is 5.75 Å². The third-order valence-corrected chi connectivity index (χ3v) is 3.22. The van der Waals surface area contributed by atoms with Gasteiger partial charge in [0.2, 0.25) is 0 Å². The van der Waals surface area contributed by atoms with Crippen molar-refractivity contribution in [2.24, 2.45) is 5.84 Å². The molecule has 112 valence electrons. The molecule has 0 aliphatic heterocycles. The zero-order valence-electron chi connectivity index (χ0n) is 10.7. The van der Waals surface area contributed by atoms with Crippen LogP contribution in [0.5, 0.6) is 5.75 Å². The zero-order valence-corrected chi connectivity index (χ0v) is 11.4. The second-order valence-corrected chi connectivity index (χ2v) is 4.62. The summed E-state index contributed by atoms with van der Waals surface area (Å²) in [5, 5.41) is 0.340. The molecule has 21 heavy (non-hydrogen) atoms. The van der Waals surface area contributed by atoms with Gasteiger partial charge in [-0.15, -0.1) is 0 Å². The van der Waals surface area contributed by atoms with Crippen molar-refractivity contribution in [3.8, 4) is 5.75 Å². The summed E-state index contributed by atoms with van der Waals surface area (Å²) in [4.78, 5) is 0. The molecule has 0 aliphatic rings. The van der Waals surface area contributed by atoms with Crippen LogP contribution in [0.2, 0.25) is 5.02 Å². The maximum atomic E-state index is 13.3. The zero-order chi connectivity index (χ0) is 15.4. The SMILES string of the molecule is NNC(c1ccc(OC(F)F)cc1)c1cc(F)ccc1Cl. The number of ether oxygens (including phenoxy) is 1. The van der Waals surface area contributed by atoms with Gasteiger partial charge in [0, 0.05) is 5.02 Å². The molecule has 0 radical (unpaired) electrons. The van der Waals surface area contributed by atoms with E-state index >= 15 is 0 Å². The number of nitrogens with one attached hydrogen (secondary N) is 1. The molecule has 0 aliphatic carbocycles. The molecule has 7 heteroatoms. The van der Waals surface area contributed by atoms with Crippen molar-refractivity contribution in [2.45, 2.75) is 12.7 Å². The largest absolute Gasteiger partial charge is 0.435 e. The summed E-state index contributed by atoms with van der Waals surface area (Å²) in [5.41, 5.74) is 3.60. The Morgan fingerprint density at radius 1 is 1.10 bits per heavy atom. The minimum Gasteiger partial charge on any atom is -0.435 e. The Kier molecular flexibility index (Phi) is 5.06. The van der Waals surface area contributed by atoms with Crippen LogP contribution in [0, 0.1) is 5.82 Å². The highest BCUT2D eigenvalue weighted by atomic mass is 35.5. The van der Waals surface area contributed by atoms with Crippen LogP contribution in [0.4, 0.5) is 13.2 Å². The smallest absolute Gasteiger partial charge is 0.387 e. The van der Waals surface area contributed by atoms with Crippen LogP contribution in [0.3, 0.4) is 0 Å². The Labute approximate surface area is 124 Å². The monoisotopic (exact) mass is 316 g/mol. The fraction of sp³-hybridized carbons (Fsp3) is 0.143. The lowest BCUT2D eigenvalue weighted by Gasteiger charge is -2.18. The fourth-order valence-corrected chi connectivity index (χ4v) is 2.17. The average molecular weight is 317 g/mol. The molecule has 0 heterocycles. The molecule has 0 bridgehead atoms. The Bertz CT molecular complexity index is 608. The quantitative estimate of drug-likeness (QED) is 0.654. The first-order valence-corrected chi connectivity index (χ1v) is 6.35. The van der Waals surface area contributed by atoms with Gasteiger partial charge in [0.05, 0.1) is 6.04 Å². The van der Waals surface area contributed by atoms with Crippen molar-refractivity contribution in [1.29, 1.82) is 0 Å². The number of hydrogen-bond donors (Lipinski definition) is 2. The van der Waals surface area contributed by atoms with Crippen LogP contribution in [0.1, 0.15) is 17.2 Å². The lowest BCUT2D eigenvalue weighted by Crippen LogP contribution is -2.29. The molecule has 3 nitrogen and oxygen atoms in total. The predicted molar refractivity (Wildman–Crippen MR) is 73.7 cm³/mol. The van der Waals surface area contributed by atoms with Crippen LogP contribution < -0.4 is 16.0 Å². The lowest BCUT2D eigenvalue weighted by molar-refractivity contribution is -0.0498. The number of hydrogen-bond acceptors (Lipinski definition) is 3. The molecule has 0 saturated heterocycles. The number of halogens is 4. The van der Waals surface area contributed by atoms with Gasteiger partial charge < -0.3 is 4.74 Å². The molecule has 1 atom stereocenters. The molecule has 0 aromatic heterocycles. The van der Waals surface area contributed by atoms with E-state index in [1.165, 1.54) is 30.3 Å². The first-order chi connectivity index (χ1) is 10.0. The maximum Gasteiger partial charge on any atom is 0.387 e. The summed E-state index contributed by atoms with van der Waals surface area (Å²) in [6.45, 7) is -2.89. The van der Waals surface area contributed by atoms with E-state index in [4.69, 9.17) is 17.4 Å². The molecule has 0 saturated carbocycles. The van der Waals surface area contributed by atoms with Crippen molar-refractivity contribution in [1.82, 2.24) is 5.43 Å². The first kappa shape index (κ1) is 15.6. The van der Waals surface area contributed by atoms with Crippen molar-refractivity contribution >= 4 is 11.6 Å². The first-order valence-electron chi connectivity index (χ1n) is 5.97. The van der Waals surface area contributed by atoms with Gasteiger partial charge in [0.25, 0.3) is 0 Å². The summed E-state index contributed by atoms with van der Waals surface area (Å²) < 4.78 is 41.8. The van der Waals surface area contributed by atoms with Crippen LogP contribution >= 0.6 is 11.6 Å². The maximum absolute atomic E-state index is 13.3. The minimum atomic E-state index is -2.89. The minimum absolute atomic E-state index is 0.0230. The fourth-order valence-electron chi connectivity index (χ4n) is 1.94. The van der Waals surface area contributed by atoms with Gasteiger partial charge in [-0.1, -0.05) is 23.7 Å². The standard InChI is InChI=1S/C14H12ClF3N2O/c15-12-6-3-9(16)7-11(12)13(20-19)8-1-4-10(5-2-8)21-14(17)18/h1-7,13-14,20H,19H2. The van der Waals surface area contributed by atoms with Gasteiger partial charge in [-0.3, -0.25) is 5.84 Å². The molecule has 0 amide bonds. The molecule has 3 N–H and O–H groups in total. The van der Waals surface area contributed by atoms with Gasteiger partial charge in [-0.05, 0) is 41.5 Å². The third-order valence-electron chi connectivity index (χ3n) is 2.87. The summed E-state index contributed by atoms with van der Waals surface area (Å²) in [5.74, 6) is 5.06. The van der Waals surface area contributed by atoms with Crippen LogP contribution in [0.15, 0.2) is 42.5 Å². The molecule has 2 rings (SSSR count). The van der Waals surface area contributed by atoms with Gasteiger partial charge in [-0.25, -0.2) is 9.82 Å². The van der Waals surface area contributed by atoms with Crippen LogP contribution in [-0.2, 0) is 0 Å². The average Bonchev–Trinajstić information content (AvgIpc) is 2.44. The molecule has 0 spiro atoms. The lowest BCUT2D eigenvalue weighted by atomic mass is 9.99. The van der Waals surface area contributed by atoms with Crippen molar-refractivity contribution < 1.29 is 17.9 Å². The van der Waals surface area contributed by atoms with Gasteiger partial charge in [0.1, 0.15) is 11.6 Å². The van der Waals surface area contributed by atoms with Crippen molar-refractivity contribution in [3.63, 3.8) is 0 Å².